The predicted octanol–water partition coefficient (Wildman–Crippen LogP) is 1.06. The zero-order valence-corrected chi connectivity index (χ0v) is 9.94. The lowest BCUT2D eigenvalue weighted by Crippen LogP contribution is -2.39. The summed E-state index contributed by atoms with van der Waals surface area (Å²) in [7, 11) is 1.72. The van der Waals surface area contributed by atoms with Crippen LogP contribution in [0.5, 0.6) is 0 Å². The van der Waals surface area contributed by atoms with Crippen LogP contribution in [0.15, 0.2) is 18.5 Å². The zero-order valence-electron chi connectivity index (χ0n) is 9.94. The van der Waals surface area contributed by atoms with Gasteiger partial charge in [-0.1, -0.05) is 0 Å². The van der Waals surface area contributed by atoms with Crippen LogP contribution >= 0.6 is 0 Å². The normalized spacial score (nSPS) is 12.1. The summed E-state index contributed by atoms with van der Waals surface area (Å²) in [6, 6.07) is 1.55. The molecule has 1 aromatic heterocycles. The number of carbonyl (C=O) groups excluding carboxylic acids is 1. The van der Waals surface area contributed by atoms with Gasteiger partial charge in [0.1, 0.15) is 0 Å². The molecule has 1 aromatic rings. The molecular formula is C11H15F3N2O2. The van der Waals surface area contributed by atoms with Gasteiger partial charge in [-0.05, 0) is 6.07 Å². The molecule has 0 radical (unpaired) electrons. The minimum absolute atomic E-state index is 0.182. The fourth-order valence-electron chi connectivity index (χ4n) is 1.57. The average molecular weight is 264 g/mol. The standard InChI is InChI=1S/C11H15F3N2O2/c1-15-3-2-9(6-15)10(18)7-16(4-5-17)8-11(12,13)14/h2-3,6,17H,4-5,7-8H2,1H3. The Labute approximate surface area is 103 Å². The van der Waals surface area contributed by atoms with Crippen molar-refractivity contribution >= 4 is 5.78 Å². The van der Waals surface area contributed by atoms with Crippen molar-refractivity contribution in [1.29, 1.82) is 0 Å². The number of ketones is 1. The summed E-state index contributed by atoms with van der Waals surface area (Å²) in [5, 5.41) is 8.70. The van der Waals surface area contributed by atoms with Crippen molar-refractivity contribution in [1.82, 2.24) is 9.47 Å². The molecule has 0 saturated heterocycles. The van der Waals surface area contributed by atoms with Gasteiger partial charge in [-0.3, -0.25) is 9.69 Å². The summed E-state index contributed by atoms with van der Waals surface area (Å²) >= 11 is 0. The van der Waals surface area contributed by atoms with Crippen molar-refractivity contribution in [2.75, 3.05) is 26.2 Å². The van der Waals surface area contributed by atoms with Crippen LogP contribution in [0.2, 0.25) is 0 Å². The van der Waals surface area contributed by atoms with Crippen LogP contribution in [-0.4, -0.2) is 52.8 Å². The van der Waals surface area contributed by atoms with Crippen molar-refractivity contribution in [2.24, 2.45) is 7.05 Å². The second-order valence-electron chi connectivity index (χ2n) is 4.04. The average Bonchev–Trinajstić information content (AvgIpc) is 2.62. The summed E-state index contributed by atoms with van der Waals surface area (Å²) in [5.74, 6) is -0.395. The second-order valence-corrected chi connectivity index (χ2v) is 4.04. The molecule has 0 atom stereocenters. The van der Waals surface area contributed by atoms with Crippen molar-refractivity contribution in [3.05, 3.63) is 24.0 Å². The van der Waals surface area contributed by atoms with E-state index in [9.17, 15) is 18.0 Å². The van der Waals surface area contributed by atoms with Gasteiger partial charge < -0.3 is 9.67 Å². The maximum Gasteiger partial charge on any atom is 0.401 e. The second kappa shape index (κ2) is 6.01. The monoisotopic (exact) mass is 264 g/mol. The number of halogens is 3. The lowest BCUT2D eigenvalue weighted by Gasteiger charge is -2.21. The summed E-state index contributed by atoms with van der Waals surface area (Å²) in [6.45, 7) is -2.16. The Hall–Kier alpha value is -1.34. The van der Waals surface area contributed by atoms with Gasteiger partial charge in [-0.25, -0.2) is 0 Å². The van der Waals surface area contributed by atoms with Crippen molar-refractivity contribution < 1.29 is 23.1 Å². The smallest absolute Gasteiger partial charge is 0.395 e. The Bertz CT molecular complexity index is 401. The van der Waals surface area contributed by atoms with Gasteiger partial charge in [0.05, 0.1) is 19.7 Å². The number of Topliss-reactive ketones (excluding diaryl/α,β-unsaturated/α-hetero) is 1. The first-order valence-corrected chi connectivity index (χ1v) is 5.37. The quantitative estimate of drug-likeness (QED) is 0.782. The van der Waals surface area contributed by atoms with E-state index < -0.39 is 25.1 Å². The highest BCUT2D eigenvalue weighted by Gasteiger charge is 2.31. The lowest BCUT2D eigenvalue weighted by atomic mass is 10.2. The molecule has 0 saturated carbocycles. The number of aryl methyl sites for hydroxylation is 1. The molecule has 0 spiro atoms. The van der Waals surface area contributed by atoms with E-state index in [1.165, 1.54) is 0 Å². The highest BCUT2D eigenvalue weighted by atomic mass is 19.4. The molecule has 0 aliphatic rings. The molecule has 0 aliphatic heterocycles. The number of aromatic nitrogens is 1. The Balaban J connectivity index is 2.63. The van der Waals surface area contributed by atoms with E-state index in [2.05, 4.69) is 0 Å². The number of aliphatic hydroxyl groups is 1. The third-order valence-electron chi connectivity index (χ3n) is 2.34. The number of hydrogen-bond acceptors (Lipinski definition) is 3. The van der Waals surface area contributed by atoms with E-state index in [4.69, 9.17) is 5.11 Å². The Kier molecular flexibility index (Phi) is 4.92. The number of alkyl halides is 3. The molecule has 18 heavy (non-hydrogen) atoms. The molecule has 102 valence electrons. The Morgan fingerprint density at radius 3 is 2.61 bits per heavy atom. The molecule has 0 aliphatic carbocycles. The summed E-state index contributed by atoms with van der Waals surface area (Å²) < 4.78 is 38.4. The number of nitrogens with zero attached hydrogens (tertiary/aromatic N) is 2. The first-order valence-electron chi connectivity index (χ1n) is 5.37. The molecule has 1 N–H and O–H groups in total. The lowest BCUT2D eigenvalue weighted by molar-refractivity contribution is -0.145. The minimum atomic E-state index is -4.38. The first kappa shape index (κ1) is 14.7. The van der Waals surface area contributed by atoms with E-state index in [-0.39, 0.29) is 13.1 Å². The van der Waals surface area contributed by atoms with E-state index >= 15 is 0 Å². The summed E-state index contributed by atoms with van der Waals surface area (Å²) in [4.78, 5) is 12.6. The molecule has 0 aromatic carbocycles. The van der Waals surface area contributed by atoms with Gasteiger partial charge in [0, 0.05) is 31.5 Å². The molecule has 1 heterocycles. The fourth-order valence-corrected chi connectivity index (χ4v) is 1.57. The van der Waals surface area contributed by atoms with Crippen molar-refractivity contribution in [3.8, 4) is 0 Å². The van der Waals surface area contributed by atoms with Gasteiger partial charge in [0.25, 0.3) is 0 Å². The topological polar surface area (TPSA) is 45.5 Å². The van der Waals surface area contributed by atoms with Gasteiger partial charge in [0.2, 0.25) is 0 Å². The highest BCUT2D eigenvalue weighted by Crippen LogP contribution is 2.16. The van der Waals surface area contributed by atoms with Crippen LogP contribution in [0.3, 0.4) is 0 Å². The molecule has 0 unspecified atom stereocenters. The Morgan fingerprint density at radius 2 is 2.17 bits per heavy atom. The number of carbonyl (C=O) groups is 1. The molecule has 1 rings (SSSR count). The SMILES string of the molecule is Cn1ccc(C(=O)CN(CCO)CC(F)(F)F)c1. The van der Waals surface area contributed by atoms with Crippen LogP contribution in [0.1, 0.15) is 10.4 Å². The van der Waals surface area contributed by atoms with E-state index in [0.29, 0.717) is 5.56 Å². The first-order chi connectivity index (χ1) is 8.31. The predicted molar refractivity (Wildman–Crippen MR) is 59.3 cm³/mol. The third-order valence-corrected chi connectivity index (χ3v) is 2.34. The molecule has 0 bridgehead atoms. The van der Waals surface area contributed by atoms with Crippen LogP contribution < -0.4 is 0 Å². The summed E-state index contributed by atoms with van der Waals surface area (Å²) in [6.07, 6.45) is -1.19. The highest BCUT2D eigenvalue weighted by molar-refractivity contribution is 5.97. The molecule has 4 nitrogen and oxygen atoms in total. The van der Waals surface area contributed by atoms with Crippen molar-refractivity contribution in [3.63, 3.8) is 0 Å². The number of rotatable bonds is 6. The van der Waals surface area contributed by atoms with E-state index in [1.54, 1.807) is 30.1 Å². The van der Waals surface area contributed by atoms with Crippen LogP contribution in [0, 0.1) is 0 Å². The number of aliphatic hydroxyl groups excluding tert-OH is 1. The van der Waals surface area contributed by atoms with Crippen LogP contribution in [0.25, 0.3) is 0 Å². The maximum atomic E-state index is 12.2. The zero-order chi connectivity index (χ0) is 13.8. The number of hydrogen-bond donors (Lipinski definition) is 1. The Morgan fingerprint density at radius 1 is 1.50 bits per heavy atom. The molecular weight excluding hydrogens is 249 g/mol. The molecule has 7 heteroatoms. The van der Waals surface area contributed by atoms with E-state index in [0.717, 1.165) is 4.90 Å². The molecule has 0 fully saturated rings. The van der Waals surface area contributed by atoms with Gasteiger partial charge in [-0.15, -0.1) is 0 Å². The largest absolute Gasteiger partial charge is 0.401 e. The van der Waals surface area contributed by atoms with Crippen molar-refractivity contribution in [2.45, 2.75) is 6.18 Å². The van der Waals surface area contributed by atoms with Gasteiger partial charge in [0.15, 0.2) is 5.78 Å². The van der Waals surface area contributed by atoms with Gasteiger partial charge in [-0.2, -0.15) is 13.2 Å². The van der Waals surface area contributed by atoms with Crippen LogP contribution in [-0.2, 0) is 7.05 Å². The fraction of sp³-hybridized carbons (Fsp3) is 0.545. The van der Waals surface area contributed by atoms with E-state index in [1.807, 2.05) is 0 Å². The molecule has 0 amide bonds. The van der Waals surface area contributed by atoms with Gasteiger partial charge >= 0.3 is 6.18 Å². The summed E-state index contributed by atoms with van der Waals surface area (Å²) in [5.41, 5.74) is 0.364. The third kappa shape index (κ3) is 4.89. The minimum Gasteiger partial charge on any atom is -0.395 e. The maximum absolute atomic E-state index is 12.2. The van der Waals surface area contributed by atoms with Crippen LogP contribution in [0.4, 0.5) is 13.2 Å².